The van der Waals surface area contributed by atoms with Gasteiger partial charge in [0.1, 0.15) is 5.75 Å². The van der Waals surface area contributed by atoms with Crippen molar-refractivity contribution in [2.45, 2.75) is 51.6 Å². The molecule has 1 aromatic carbocycles. The number of nitrogens with zero attached hydrogens (tertiary/aromatic N) is 1. The first kappa shape index (κ1) is 18.0. The maximum atomic E-state index is 12.3. The number of amides is 1. The van der Waals surface area contributed by atoms with Crippen LogP contribution in [0.4, 0.5) is 0 Å². The SMILES string of the molecule is CCC/C=C/[C@H]1CCCC(=O)N1Cc1cccc(OCC(=O)O)c1. The number of ether oxygens (including phenoxy) is 1. The fourth-order valence-corrected chi connectivity index (χ4v) is 2.85. The summed E-state index contributed by atoms with van der Waals surface area (Å²) in [5, 5.41) is 8.69. The zero-order valence-corrected chi connectivity index (χ0v) is 14.1. The van der Waals surface area contributed by atoms with E-state index in [1.807, 2.05) is 17.0 Å². The topological polar surface area (TPSA) is 66.8 Å². The van der Waals surface area contributed by atoms with Gasteiger partial charge in [0.2, 0.25) is 5.91 Å². The molecule has 0 spiro atoms. The van der Waals surface area contributed by atoms with Crippen LogP contribution in [-0.4, -0.2) is 34.5 Å². The van der Waals surface area contributed by atoms with E-state index in [4.69, 9.17) is 9.84 Å². The highest BCUT2D eigenvalue weighted by Crippen LogP contribution is 2.23. The van der Waals surface area contributed by atoms with Crippen molar-refractivity contribution in [2.24, 2.45) is 0 Å². The Kier molecular flexibility index (Phi) is 6.85. The van der Waals surface area contributed by atoms with Gasteiger partial charge in [-0.3, -0.25) is 4.79 Å². The van der Waals surface area contributed by atoms with Crippen LogP contribution in [0.5, 0.6) is 5.75 Å². The third kappa shape index (κ3) is 5.41. The van der Waals surface area contributed by atoms with E-state index in [1.165, 1.54) is 0 Å². The fraction of sp³-hybridized carbons (Fsp3) is 0.474. The monoisotopic (exact) mass is 331 g/mol. The zero-order valence-electron chi connectivity index (χ0n) is 14.1. The second-order valence-corrected chi connectivity index (χ2v) is 6.03. The van der Waals surface area contributed by atoms with Crippen LogP contribution in [0.25, 0.3) is 0 Å². The van der Waals surface area contributed by atoms with Gasteiger partial charge in [-0.2, -0.15) is 0 Å². The maximum absolute atomic E-state index is 12.3. The van der Waals surface area contributed by atoms with E-state index in [9.17, 15) is 9.59 Å². The normalized spacial score (nSPS) is 18.1. The van der Waals surface area contributed by atoms with Gasteiger partial charge < -0.3 is 14.7 Å². The highest BCUT2D eigenvalue weighted by atomic mass is 16.5. The van der Waals surface area contributed by atoms with Gasteiger partial charge in [-0.15, -0.1) is 0 Å². The first-order chi connectivity index (χ1) is 11.6. The van der Waals surface area contributed by atoms with Crippen LogP contribution < -0.4 is 4.74 Å². The third-order valence-electron chi connectivity index (χ3n) is 4.04. The van der Waals surface area contributed by atoms with E-state index in [1.54, 1.807) is 12.1 Å². The molecular formula is C19H25NO4. The van der Waals surface area contributed by atoms with Crippen LogP contribution in [0.3, 0.4) is 0 Å². The molecule has 1 aliphatic heterocycles. The Hall–Kier alpha value is -2.30. The summed E-state index contributed by atoms with van der Waals surface area (Å²) in [6, 6.07) is 7.42. The van der Waals surface area contributed by atoms with E-state index in [2.05, 4.69) is 19.1 Å². The van der Waals surface area contributed by atoms with E-state index in [-0.39, 0.29) is 18.6 Å². The lowest BCUT2D eigenvalue weighted by atomic mass is 9.99. The second-order valence-electron chi connectivity index (χ2n) is 6.03. The molecule has 1 amide bonds. The van der Waals surface area contributed by atoms with E-state index in [0.717, 1.165) is 31.2 Å². The minimum atomic E-state index is -1.01. The average molecular weight is 331 g/mol. The van der Waals surface area contributed by atoms with Gasteiger partial charge >= 0.3 is 5.97 Å². The predicted molar refractivity (Wildman–Crippen MR) is 91.8 cm³/mol. The molecule has 1 heterocycles. The molecule has 5 heteroatoms. The number of unbranched alkanes of at least 4 members (excludes halogenated alkanes) is 1. The van der Waals surface area contributed by atoms with Gasteiger partial charge in [0.05, 0.1) is 6.04 Å². The summed E-state index contributed by atoms with van der Waals surface area (Å²) in [7, 11) is 0. The first-order valence-electron chi connectivity index (χ1n) is 8.49. The third-order valence-corrected chi connectivity index (χ3v) is 4.04. The number of carboxylic acids is 1. The number of hydrogen-bond donors (Lipinski definition) is 1. The number of benzene rings is 1. The Bertz CT molecular complexity index is 597. The molecule has 1 saturated heterocycles. The van der Waals surface area contributed by atoms with Gasteiger partial charge in [-0.1, -0.05) is 37.6 Å². The van der Waals surface area contributed by atoms with Gasteiger partial charge in [0, 0.05) is 13.0 Å². The highest BCUT2D eigenvalue weighted by molar-refractivity contribution is 5.77. The molecule has 130 valence electrons. The number of carbonyl (C=O) groups is 2. The van der Waals surface area contributed by atoms with Crippen molar-refractivity contribution in [1.29, 1.82) is 0 Å². The van der Waals surface area contributed by atoms with Crippen molar-refractivity contribution >= 4 is 11.9 Å². The summed E-state index contributed by atoms with van der Waals surface area (Å²) in [5.74, 6) is -0.325. The van der Waals surface area contributed by atoms with Crippen LogP contribution >= 0.6 is 0 Å². The van der Waals surface area contributed by atoms with Gasteiger partial charge in [0.25, 0.3) is 0 Å². The number of aliphatic carboxylic acids is 1. The van der Waals surface area contributed by atoms with E-state index >= 15 is 0 Å². The summed E-state index contributed by atoms with van der Waals surface area (Å²) in [5.41, 5.74) is 0.946. The van der Waals surface area contributed by atoms with Gasteiger partial charge in [0.15, 0.2) is 6.61 Å². The minimum absolute atomic E-state index is 0.140. The molecular weight excluding hydrogens is 306 g/mol. The van der Waals surface area contributed by atoms with Crippen LogP contribution in [0, 0.1) is 0 Å². The first-order valence-corrected chi connectivity index (χ1v) is 8.49. The number of likely N-dealkylation sites (tertiary alicyclic amines) is 1. The molecule has 5 nitrogen and oxygen atoms in total. The maximum Gasteiger partial charge on any atom is 0.341 e. The number of rotatable bonds is 8. The lowest BCUT2D eigenvalue weighted by Crippen LogP contribution is -2.41. The smallest absolute Gasteiger partial charge is 0.341 e. The Morgan fingerprint density at radius 1 is 1.46 bits per heavy atom. The summed E-state index contributed by atoms with van der Waals surface area (Å²) in [4.78, 5) is 24.8. The Balaban J connectivity index is 2.06. The molecule has 1 atom stereocenters. The van der Waals surface area contributed by atoms with Crippen molar-refractivity contribution < 1.29 is 19.4 Å². The summed E-state index contributed by atoms with van der Waals surface area (Å²) in [6.07, 6.45) is 8.93. The largest absolute Gasteiger partial charge is 0.482 e. The Morgan fingerprint density at radius 3 is 3.04 bits per heavy atom. The molecule has 0 aliphatic carbocycles. The lowest BCUT2D eigenvalue weighted by molar-refractivity contribution is -0.139. The minimum Gasteiger partial charge on any atom is -0.482 e. The molecule has 1 aromatic rings. The van der Waals surface area contributed by atoms with Gasteiger partial charge in [-0.25, -0.2) is 4.79 Å². The molecule has 0 aromatic heterocycles. The number of allylic oxidation sites excluding steroid dienone is 1. The molecule has 1 N–H and O–H groups in total. The molecule has 24 heavy (non-hydrogen) atoms. The number of carbonyl (C=O) groups excluding carboxylic acids is 1. The van der Waals surface area contributed by atoms with Gasteiger partial charge in [-0.05, 0) is 37.0 Å². The van der Waals surface area contributed by atoms with Crippen LogP contribution in [0.15, 0.2) is 36.4 Å². The predicted octanol–water partition coefficient (Wildman–Crippen LogP) is 3.39. The summed E-state index contributed by atoms with van der Waals surface area (Å²) >= 11 is 0. The fourth-order valence-electron chi connectivity index (χ4n) is 2.85. The highest BCUT2D eigenvalue weighted by Gasteiger charge is 2.26. The van der Waals surface area contributed by atoms with E-state index in [0.29, 0.717) is 18.7 Å². The zero-order chi connectivity index (χ0) is 17.4. The van der Waals surface area contributed by atoms with Crippen molar-refractivity contribution in [1.82, 2.24) is 4.90 Å². The molecule has 0 radical (unpaired) electrons. The summed E-state index contributed by atoms with van der Waals surface area (Å²) in [6.45, 7) is 2.29. The van der Waals surface area contributed by atoms with Crippen molar-refractivity contribution in [3.05, 3.63) is 42.0 Å². The Morgan fingerprint density at radius 2 is 2.29 bits per heavy atom. The molecule has 1 aliphatic rings. The quantitative estimate of drug-likeness (QED) is 0.742. The van der Waals surface area contributed by atoms with Crippen molar-refractivity contribution in [3.8, 4) is 5.75 Å². The van der Waals surface area contributed by atoms with Crippen molar-refractivity contribution in [3.63, 3.8) is 0 Å². The summed E-state index contributed by atoms with van der Waals surface area (Å²) < 4.78 is 5.21. The second kappa shape index (κ2) is 9.11. The van der Waals surface area contributed by atoms with Crippen LogP contribution in [0.1, 0.15) is 44.6 Å². The number of hydrogen-bond acceptors (Lipinski definition) is 3. The standard InChI is InChI=1S/C19H25NO4/c1-2-3-4-8-16-9-6-11-18(21)20(16)13-15-7-5-10-17(12-15)24-14-19(22)23/h4-5,7-8,10,12,16H,2-3,6,9,11,13-14H2,1H3,(H,22,23)/b8-4+/t16-/m0/s1. The lowest BCUT2D eigenvalue weighted by Gasteiger charge is -2.34. The van der Waals surface area contributed by atoms with Crippen LogP contribution in [-0.2, 0) is 16.1 Å². The molecule has 0 bridgehead atoms. The number of carboxylic acid groups (broad SMARTS) is 1. The molecule has 2 rings (SSSR count). The van der Waals surface area contributed by atoms with E-state index < -0.39 is 5.97 Å². The van der Waals surface area contributed by atoms with Crippen molar-refractivity contribution in [2.75, 3.05) is 6.61 Å². The number of piperidine rings is 1. The Labute approximate surface area is 142 Å². The molecule has 0 saturated carbocycles. The molecule has 0 unspecified atom stereocenters. The van der Waals surface area contributed by atoms with Crippen LogP contribution in [0.2, 0.25) is 0 Å². The molecule has 1 fully saturated rings. The average Bonchev–Trinajstić information content (AvgIpc) is 2.56.